The van der Waals surface area contributed by atoms with Crippen molar-refractivity contribution in [1.82, 2.24) is 0 Å². The molecule has 4 N–H and O–H groups in total. The van der Waals surface area contributed by atoms with Gasteiger partial charge in [-0.05, 0) is 24.3 Å². The highest BCUT2D eigenvalue weighted by molar-refractivity contribution is 7.91. The Morgan fingerprint density at radius 2 is 1.61 bits per heavy atom. The van der Waals surface area contributed by atoms with Crippen LogP contribution in [0.1, 0.15) is 0 Å². The van der Waals surface area contributed by atoms with Crippen LogP contribution in [0.4, 0.5) is 17.1 Å². The largest absolute Gasteiger partial charge is 0.397 e. The van der Waals surface area contributed by atoms with E-state index in [0.29, 0.717) is 43.4 Å². The van der Waals surface area contributed by atoms with Crippen molar-refractivity contribution in [2.45, 2.75) is 9.79 Å². The average molecular weight is 333 g/mol. The van der Waals surface area contributed by atoms with Gasteiger partial charge in [-0.15, -0.1) is 0 Å². The van der Waals surface area contributed by atoms with Crippen LogP contribution in [0.2, 0.25) is 0 Å². The number of nitrogens with zero attached hydrogens (tertiary/aromatic N) is 1. The summed E-state index contributed by atoms with van der Waals surface area (Å²) in [7, 11) is -3.68. The topological polar surface area (TPSA) is 98.7 Å². The molecule has 2 aromatic rings. The molecule has 0 bridgehead atoms. The lowest BCUT2D eigenvalue weighted by atomic mass is 10.2. The fourth-order valence-corrected chi connectivity index (χ4v) is 4.17. The molecule has 1 fully saturated rings. The van der Waals surface area contributed by atoms with Crippen LogP contribution in [-0.4, -0.2) is 34.7 Å². The normalized spacial score (nSPS) is 15.6. The van der Waals surface area contributed by atoms with Crippen LogP contribution in [-0.2, 0) is 14.6 Å². The number of nitrogens with two attached hydrogens (primary N) is 2. The van der Waals surface area contributed by atoms with E-state index < -0.39 is 9.84 Å². The number of anilines is 3. The van der Waals surface area contributed by atoms with Gasteiger partial charge in [0.2, 0.25) is 9.84 Å². The number of benzene rings is 2. The van der Waals surface area contributed by atoms with Crippen molar-refractivity contribution in [2.24, 2.45) is 0 Å². The van der Waals surface area contributed by atoms with E-state index in [9.17, 15) is 8.42 Å². The number of morpholine rings is 1. The van der Waals surface area contributed by atoms with Gasteiger partial charge < -0.3 is 21.1 Å². The highest BCUT2D eigenvalue weighted by Gasteiger charge is 2.27. The fourth-order valence-electron chi connectivity index (χ4n) is 2.66. The number of rotatable bonds is 3. The third kappa shape index (κ3) is 2.85. The maximum Gasteiger partial charge on any atom is 0.208 e. The van der Waals surface area contributed by atoms with Crippen molar-refractivity contribution in [3.8, 4) is 0 Å². The van der Waals surface area contributed by atoms with Crippen LogP contribution >= 0.6 is 0 Å². The highest BCUT2D eigenvalue weighted by atomic mass is 32.2. The summed E-state index contributed by atoms with van der Waals surface area (Å²) in [6, 6.07) is 11.4. The lowest BCUT2D eigenvalue weighted by Crippen LogP contribution is -2.37. The van der Waals surface area contributed by atoms with E-state index in [1.807, 2.05) is 4.90 Å². The summed E-state index contributed by atoms with van der Waals surface area (Å²) in [5.74, 6) is 0. The molecule has 0 saturated carbocycles. The van der Waals surface area contributed by atoms with Gasteiger partial charge in [-0.1, -0.05) is 18.2 Å². The Morgan fingerprint density at radius 1 is 0.957 bits per heavy atom. The third-order valence-electron chi connectivity index (χ3n) is 3.88. The number of hydrogen-bond acceptors (Lipinski definition) is 6. The van der Waals surface area contributed by atoms with Crippen molar-refractivity contribution >= 4 is 26.9 Å². The number of ether oxygens (including phenoxy) is 1. The minimum atomic E-state index is -3.68. The Morgan fingerprint density at radius 3 is 2.26 bits per heavy atom. The zero-order valence-corrected chi connectivity index (χ0v) is 13.4. The Kier molecular flexibility index (Phi) is 4.14. The van der Waals surface area contributed by atoms with Crippen LogP contribution in [0, 0.1) is 0 Å². The van der Waals surface area contributed by atoms with Gasteiger partial charge >= 0.3 is 0 Å². The molecule has 1 aliphatic heterocycles. The molecule has 6 nitrogen and oxygen atoms in total. The summed E-state index contributed by atoms with van der Waals surface area (Å²) in [5.41, 5.74) is 13.2. The summed E-state index contributed by atoms with van der Waals surface area (Å²) < 4.78 is 31.4. The van der Waals surface area contributed by atoms with Crippen LogP contribution < -0.4 is 16.4 Å². The molecule has 1 saturated heterocycles. The van der Waals surface area contributed by atoms with Crippen molar-refractivity contribution < 1.29 is 13.2 Å². The lowest BCUT2D eigenvalue weighted by Gasteiger charge is -2.31. The molecule has 0 spiro atoms. The van der Waals surface area contributed by atoms with Crippen LogP contribution in [0.5, 0.6) is 0 Å². The molecule has 1 heterocycles. The second-order valence-corrected chi connectivity index (χ2v) is 7.25. The molecule has 23 heavy (non-hydrogen) atoms. The lowest BCUT2D eigenvalue weighted by molar-refractivity contribution is 0.122. The van der Waals surface area contributed by atoms with Crippen molar-refractivity contribution in [3.63, 3.8) is 0 Å². The zero-order valence-electron chi connectivity index (χ0n) is 12.6. The molecule has 0 aromatic heterocycles. The maximum absolute atomic E-state index is 13.0. The van der Waals surface area contributed by atoms with Crippen molar-refractivity contribution in [2.75, 3.05) is 42.7 Å². The molecular weight excluding hydrogens is 314 g/mol. The molecular formula is C16H19N3O3S. The summed E-state index contributed by atoms with van der Waals surface area (Å²) in [6.45, 7) is 2.20. The molecule has 0 radical (unpaired) electrons. The van der Waals surface area contributed by atoms with E-state index >= 15 is 0 Å². The molecule has 3 rings (SSSR count). The van der Waals surface area contributed by atoms with Gasteiger partial charge in [0.15, 0.2) is 0 Å². The molecule has 0 atom stereocenters. The van der Waals surface area contributed by atoms with Gasteiger partial charge in [0.05, 0.1) is 40.1 Å². The summed E-state index contributed by atoms with van der Waals surface area (Å²) >= 11 is 0. The van der Waals surface area contributed by atoms with Crippen molar-refractivity contribution in [1.29, 1.82) is 0 Å². The van der Waals surface area contributed by atoms with Gasteiger partial charge in [0.1, 0.15) is 0 Å². The van der Waals surface area contributed by atoms with Gasteiger partial charge in [0, 0.05) is 13.1 Å². The smallest absolute Gasteiger partial charge is 0.208 e. The van der Waals surface area contributed by atoms with Crippen LogP contribution in [0.15, 0.2) is 52.3 Å². The third-order valence-corrected chi connectivity index (χ3v) is 5.69. The summed E-state index contributed by atoms with van der Waals surface area (Å²) in [6.07, 6.45) is 0. The second kappa shape index (κ2) is 6.10. The number of hydrogen-bond donors (Lipinski definition) is 2. The first-order valence-corrected chi connectivity index (χ1v) is 8.81. The van der Waals surface area contributed by atoms with E-state index in [-0.39, 0.29) is 9.79 Å². The first kappa shape index (κ1) is 15.6. The van der Waals surface area contributed by atoms with Crippen LogP contribution in [0.25, 0.3) is 0 Å². The Balaban J connectivity index is 2.18. The van der Waals surface area contributed by atoms with E-state index in [0.717, 1.165) is 0 Å². The van der Waals surface area contributed by atoms with Gasteiger partial charge in [-0.25, -0.2) is 8.42 Å². The number of nitrogen functional groups attached to an aromatic ring is 2. The minimum Gasteiger partial charge on any atom is -0.397 e. The molecule has 1 aliphatic rings. The van der Waals surface area contributed by atoms with E-state index in [1.54, 1.807) is 30.3 Å². The molecule has 2 aromatic carbocycles. The SMILES string of the molecule is Nc1ccc(S(=O)(=O)c2ccccc2)c(N2CCOCC2)c1N. The van der Waals surface area contributed by atoms with E-state index in [2.05, 4.69) is 0 Å². The first-order valence-electron chi connectivity index (χ1n) is 7.32. The predicted octanol–water partition coefficient (Wildman–Crippen LogP) is 1.52. The monoisotopic (exact) mass is 333 g/mol. The second-order valence-electron chi connectivity index (χ2n) is 5.33. The van der Waals surface area contributed by atoms with Gasteiger partial charge in [0.25, 0.3) is 0 Å². The Labute approximate surface area is 135 Å². The summed E-state index contributed by atoms with van der Waals surface area (Å²) in [4.78, 5) is 2.33. The number of sulfone groups is 1. The highest BCUT2D eigenvalue weighted by Crippen LogP contribution is 2.38. The standard InChI is InChI=1S/C16H19N3O3S/c17-13-6-7-14(23(20,21)12-4-2-1-3-5-12)16(15(13)18)19-8-10-22-11-9-19/h1-7H,8-11,17-18H2. The van der Waals surface area contributed by atoms with Crippen molar-refractivity contribution in [3.05, 3.63) is 42.5 Å². The van der Waals surface area contributed by atoms with E-state index in [4.69, 9.17) is 16.2 Å². The molecule has 0 unspecified atom stereocenters. The molecule has 0 amide bonds. The predicted molar refractivity (Wildman–Crippen MR) is 90.2 cm³/mol. The minimum absolute atomic E-state index is 0.178. The van der Waals surface area contributed by atoms with Gasteiger partial charge in [-0.3, -0.25) is 0 Å². The molecule has 0 aliphatic carbocycles. The average Bonchev–Trinajstić information content (AvgIpc) is 2.58. The fraction of sp³-hybridized carbons (Fsp3) is 0.250. The van der Waals surface area contributed by atoms with Crippen LogP contribution in [0.3, 0.4) is 0 Å². The zero-order chi connectivity index (χ0) is 16.4. The molecule has 122 valence electrons. The Hall–Kier alpha value is -2.25. The molecule has 7 heteroatoms. The summed E-state index contributed by atoms with van der Waals surface area (Å²) in [5, 5.41) is 0. The van der Waals surface area contributed by atoms with E-state index in [1.165, 1.54) is 12.1 Å². The van der Waals surface area contributed by atoms with Gasteiger partial charge in [-0.2, -0.15) is 0 Å². The quantitative estimate of drug-likeness (QED) is 0.826. The first-order chi connectivity index (χ1) is 11.0. The maximum atomic E-state index is 13.0. The Bertz CT molecular complexity index is 801.